The largest absolute Gasteiger partial charge is 0.495 e. The molecule has 4 heteroatoms. The summed E-state index contributed by atoms with van der Waals surface area (Å²) >= 11 is 5.99. The van der Waals surface area contributed by atoms with E-state index in [0.717, 1.165) is 22.7 Å². The van der Waals surface area contributed by atoms with Gasteiger partial charge in [-0.05, 0) is 36.8 Å². The third kappa shape index (κ3) is 2.51. The first-order valence-electron chi connectivity index (χ1n) is 5.57. The smallest absolute Gasteiger partial charge is 0.142 e. The number of aryl methyl sites for hydroxylation is 1. The minimum Gasteiger partial charge on any atom is -0.495 e. The standard InChI is InChI=1S/C14H15ClN2O/c1-9-6-7-13(18-2)12(8-9)17-11-5-3-4-10(15)14(11)16/h3-8,17H,16H2,1-2H3. The van der Waals surface area contributed by atoms with E-state index in [2.05, 4.69) is 5.32 Å². The van der Waals surface area contributed by atoms with Gasteiger partial charge < -0.3 is 15.8 Å². The number of anilines is 3. The summed E-state index contributed by atoms with van der Waals surface area (Å²) in [6, 6.07) is 11.4. The maximum absolute atomic E-state index is 5.99. The van der Waals surface area contributed by atoms with Crippen molar-refractivity contribution in [1.29, 1.82) is 0 Å². The summed E-state index contributed by atoms with van der Waals surface area (Å²) < 4.78 is 5.31. The number of rotatable bonds is 3. The normalized spacial score (nSPS) is 10.2. The SMILES string of the molecule is COc1ccc(C)cc1Nc1cccc(Cl)c1N. The van der Waals surface area contributed by atoms with Gasteiger partial charge in [0.05, 0.1) is 29.2 Å². The van der Waals surface area contributed by atoms with E-state index in [1.807, 2.05) is 37.3 Å². The summed E-state index contributed by atoms with van der Waals surface area (Å²) in [4.78, 5) is 0. The fourth-order valence-electron chi connectivity index (χ4n) is 1.71. The van der Waals surface area contributed by atoms with Crippen LogP contribution in [0.25, 0.3) is 0 Å². The van der Waals surface area contributed by atoms with Crippen LogP contribution in [0.2, 0.25) is 5.02 Å². The van der Waals surface area contributed by atoms with Crippen molar-refractivity contribution in [3.63, 3.8) is 0 Å². The van der Waals surface area contributed by atoms with E-state index in [0.29, 0.717) is 10.7 Å². The average molecular weight is 263 g/mol. The maximum atomic E-state index is 5.99. The number of nitrogens with one attached hydrogen (secondary N) is 1. The summed E-state index contributed by atoms with van der Waals surface area (Å²) in [5, 5.41) is 3.77. The molecule has 0 bridgehead atoms. The number of benzene rings is 2. The first-order chi connectivity index (χ1) is 8.61. The van der Waals surface area contributed by atoms with Gasteiger partial charge in [0, 0.05) is 0 Å². The molecular weight excluding hydrogens is 248 g/mol. The Hall–Kier alpha value is -1.87. The predicted octanol–water partition coefficient (Wildman–Crippen LogP) is 3.98. The van der Waals surface area contributed by atoms with Crippen molar-refractivity contribution in [3.05, 3.63) is 47.0 Å². The van der Waals surface area contributed by atoms with Crippen LogP contribution in [0.1, 0.15) is 5.56 Å². The number of hydrogen-bond acceptors (Lipinski definition) is 3. The van der Waals surface area contributed by atoms with Crippen molar-refractivity contribution in [2.24, 2.45) is 0 Å². The third-order valence-corrected chi connectivity index (χ3v) is 3.01. The molecule has 3 N–H and O–H groups in total. The Labute approximate surface area is 112 Å². The van der Waals surface area contributed by atoms with Gasteiger partial charge in [-0.2, -0.15) is 0 Å². The molecule has 0 aliphatic heterocycles. The van der Waals surface area contributed by atoms with E-state index in [1.165, 1.54) is 0 Å². The van der Waals surface area contributed by atoms with Gasteiger partial charge in [0.1, 0.15) is 5.75 Å². The van der Waals surface area contributed by atoms with Crippen molar-refractivity contribution in [1.82, 2.24) is 0 Å². The lowest BCUT2D eigenvalue weighted by Crippen LogP contribution is -1.99. The molecular formula is C14H15ClN2O. The van der Waals surface area contributed by atoms with Gasteiger partial charge in [-0.15, -0.1) is 0 Å². The highest BCUT2D eigenvalue weighted by Gasteiger charge is 2.07. The van der Waals surface area contributed by atoms with Crippen molar-refractivity contribution in [2.45, 2.75) is 6.92 Å². The second kappa shape index (κ2) is 5.19. The van der Waals surface area contributed by atoms with Crippen LogP contribution >= 0.6 is 11.6 Å². The van der Waals surface area contributed by atoms with Gasteiger partial charge in [0.25, 0.3) is 0 Å². The van der Waals surface area contributed by atoms with Crippen LogP contribution in [-0.2, 0) is 0 Å². The molecule has 0 saturated heterocycles. The summed E-state index contributed by atoms with van der Waals surface area (Å²) in [6.07, 6.45) is 0. The zero-order valence-electron chi connectivity index (χ0n) is 10.3. The van der Waals surface area contributed by atoms with Crippen LogP contribution in [0.5, 0.6) is 5.75 Å². The van der Waals surface area contributed by atoms with E-state index >= 15 is 0 Å². The summed E-state index contributed by atoms with van der Waals surface area (Å²) in [7, 11) is 1.64. The Morgan fingerprint density at radius 2 is 1.94 bits per heavy atom. The number of nitrogen functional groups attached to an aromatic ring is 1. The zero-order chi connectivity index (χ0) is 13.1. The van der Waals surface area contributed by atoms with Crippen molar-refractivity contribution < 1.29 is 4.74 Å². The molecule has 0 aliphatic rings. The average Bonchev–Trinajstić information content (AvgIpc) is 2.35. The van der Waals surface area contributed by atoms with Gasteiger partial charge in [-0.25, -0.2) is 0 Å². The molecule has 0 saturated carbocycles. The summed E-state index contributed by atoms with van der Waals surface area (Å²) in [6.45, 7) is 2.02. The molecule has 94 valence electrons. The Morgan fingerprint density at radius 1 is 1.17 bits per heavy atom. The minimum atomic E-state index is 0.530. The molecule has 0 radical (unpaired) electrons. The Kier molecular flexibility index (Phi) is 3.63. The topological polar surface area (TPSA) is 47.3 Å². The molecule has 0 aliphatic carbocycles. The molecule has 2 aromatic carbocycles. The maximum Gasteiger partial charge on any atom is 0.142 e. The van der Waals surface area contributed by atoms with E-state index < -0.39 is 0 Å². The number of methoxy groups -OCH3 is 1. The Balaban J connectivity index is 2.39. The lowest BCUT2D eigenvalue weighted by atomic mass is 10.2. The Bertz CT molecular complexity index is 570. The summed E-state index contributed by atoms with van der Waals surface area (Å²) in [5.41, 5.74) is 9.23. The molecule has 0 amide bonds. The van der Waals surface area contributed by atoms with Crippen molar-refractivity contribution in [3.8, 4) is 5.75 Å². The van der Waals surface area contributed by atoms with Crippen LogP contribution in [-0.4, -0.2) is 7.11 Å². The number of hydrogen-bond donors (Lipinski definition) is 2. The van der Waals surface area contributed by atoms with Gasteiger partial charge in [0.15, 0.2) is 0 Å². The van der Waals surface area contributed by atoms with Crippen LogP contribution in [0, 0.1) is 6.92 Å². The molecule has 0 aromatic heterocycles. The highest BCUT2D eigenvalue weighted by atomic mass is 35.5. The van der Waals surface area contributed by atoms with Crippen LogP contribution < -0.4 is 15.8 Å². The van der Waals surface area contributed by atoms with E-state index in [-0.39, 0.29) is 0 Å². The molecule has 0 fully saturated rings. The van der Waals surface area contributed by atoms with E-state index in [4.69, 9.17) is 22.1 Å². The molecule has 3 nitrogen and oxygen atoms in total. The number of halogens is 1. The van der Waals surface area contributed by atoms with E-state index in [1.54, 1.807) is 13.2 Å². The zero-order valence-corrected chi connectivity index (χ0v) is 11.1. The number of ether oxygens (including phenoxy) is 1. The molecule has 0 spiro atoms. The molecule has 18 heavy (non-hydrogen) atoms. The fourth-order valence-corrected chi connectivity index (χ4v) is 1.89. The number of nitrogens with two attached hydrogens (primary N) is 1. The molecule has 0 heterocycles. The van der Waals surface area contributed by atoms with E-state index in [9.17, 15) is 0 Å². The quantitative estimate of drug-likeness (QED) is 0.823. The lowest BCUT2D eigenvalue weighted by Gasteiger charge is -2.14. The van der Waals surface area contributed by atoms with Crippen molar-refractivity contribution >= 4 is 28.7 Å². The van der Waals surface area contributed by atoms with Crippen LogP contribution in [0.4, 0.5) is 17.1 Å². The fraction of sp³-hybridized carbons (Fsp3) is 0.143. The monoisotopic (exact) mass is 262 g/mol. The molecule has 2 rings (SSSR count). The van der Waals surface area contributed by atoms with Crippen molar-refractivity contribution in [2.75, 3.05) is 18.2 Å². The Morgan fingerprint density at radius 3 is 2.67 bits per heavy atom. The van der Waals surface area contributed by atoms with Gasteiger partial charge in [-0.3, -0.25) is 0 Å². The molecule has 2 aromatic rings. The van der Waals surface area contributed by atoms with Crippen LogP contribution in [0.15, 0.2) is 36.4 Å². The third-order valence-electron chi connectivity index (χ3n) is 2.68. The summed E-state index contributed by atoms with van der Waals surface area (Å²) in [5.74, 6) is 0.764. The van der Waals surface area contributed by atoms with Gasteiger partial charge in [0.2, 0.25) is 0 Å². The second-order valence-electron chi connectivity index (χ2n) is 4.03. The minimum absolute atomic E-state index is 0.530. The first kappa shape index (κ1) is 12.6. The van der Waals surface area contributed by atoms with Gasteiger partial charge >= 0.3 is 0 Å². The molecule has 0 unspecified atom stereocenters. The van der Waals surface area contributed by atoms with Crippen LogP contribution in [0.3, 0.4) is 0 Å². The van der Waals surface area contributed by atoms with Gasteiger partial charge in [-0.1, -0.05) is 23.7 Å². The molecule has 0 atom stereocenters. The highest BCUT2D eigenvalue weighted by molar-refractivity contribution is 6.33. The second-order valence-corrected chi connectivity index (χ2v) is 4.44. The lowest BCUT2D eigenvalue weighted by molar-refractivity contribution is 0.416. The highest BCUT2D eigenvalue weighted by Crippen LogP contribution is 2.33. The first-order valence-corrected chi connectivity index (χ1v) is 5.95. The number of para-hydroxylation sites is 1. The predicted molar refractivity (Wildman–Crippen MR) is 76.9 cm³/mol.